The lowest BCUT2D eigenvalue weighted by atomic mass is 9.80. The zero-order valence-corrected chi connectivity index (χ0v) is 8.96. The number of hydrazone groups is 1. The normalized spacial score (nSPS) is 26.9. The van der Waals surface area contributed by atoms with Crippen molar-refractivity contribution in [2.24, 2.45) is 16.9 Å². The minimum absolute atomic E-state index is 0.0509. The molecule has 1 N–H and O–H groups in total. The van der Waals surface area contributed by atoms with Gasteiger partial charge >= 0.3 is 0 Å². The van der Waals surface area contributed by atoms with Gasteiger partial charge in [-0.1, -0.05) is 19.8 Å². The summed E-state index contributed by atoms with van der Waals surface area (Å²) < 4.78 is 0. The van der Waals surface area contributed by atoms with Crippen LogP contribution in [-0.4, -0.2) is 12.6 Å². The molecule has 0 aromatic carbocycles. The second kappa shape index (κ2) is 5.78. The predicted molar refractivity (Wildman–Crippen MR) is 58.0 cm³/mol. The second-order valence-electron chi connectivity index (χ2n) is 4.14. The number of carbonyl (C=O) groups is 1. The van der Waals surface area contributed by atoms with E-state index in [-0.39, 0.29) is 11.8 Å². The molecule has 0 aliphatic heterocycles. The van der Waals surface area contributed by atoms with Crippen LogP contribution in [0, 0.1) is 11.8 Å². The molecule has 1 saturated carbocycles. The van der Waals surface area contributed by atoms with Gasteiger partial charge in [-0.15, -0.1) is 0 Å². The average molecular weight is 196 g/mol. The molecule has 1 aliphatic rings. The van der Waals surface area contributed by atoms with Crippen molar-refractivity contribution in [3.63, 3.8) is 0 Å². The SMILES string of the molecule is C=NNC(=O)C1CCC(CCC)CC1. The van der Waals surface area contributed by atoms with E-state index in [0.29, 0.717) is 0 Å². The number of amides is 1. The van der Waals surface area contributed by atoms with Crippen LogP contribution in [0.4, 0.5) is 0 Å². The van der Waals surface area contributed by atoms with E-state index in [4.69, 9.17) is 0 Å². The lowest BCUT2D eigenvalue weighted by Gasteiger charge is -2.26. The predicted octanol–water partition coefficient (Wildman–Crippen LogP) is 2.32. The highest BCUT2D eigenvalue weighted by Gasteiger charge is 2.25. The number of nitrogens with zero attached hydrogens (tertiary/aromatic N) is 1. The maximum absolute atomic E-state index is 11.4. The summed E-state index contributed by atoms with van der Waals surface area (Å²) in [5, 5.41) is 3.42. The molecular formula is C11H20N2O. The molecule has 0 saturated heterocycles. The van der Waals surface area contributed by atoms with Crippen LogP contribution in [0.5, 0.6) is 0 Å². The summed E-state index contributed by atoms with van der Waals surface area (Å²) in [6.07, 6.45) is 7.01. The van der Waals surface area contributed by atoms with Gasteiger partial charge in [0, 0.05) is 12.6 Å². The molecule has 1 fully saturated rings. The Morgan fingerprint density at radius 2 is 2.07 bits per heavy atom. The summed E-state index contributed by atoms with van der Waals surface area (Å²) >= 11 is 0. The van der Waals surface area contributed by atoms with Gasteiger partial charge in [-0.25, -0.2) is 5.43 Å². The van der Waals surface area contributed by atoms with E-state index >= 15 is 0 Å². The van der Waals surface area contributed by atoms with Gasteiger partial charge in [0.1, 0.15) is 0 Å². The van der Waals surface area contributed by atoms with E-state index < -0.39 is 0 Å². The Morgan fingerprint density at radius 1 is 1.43 bits per heavy atom. The first-order valence-corrected chi connectivity index (χ1v) is 5.53. The zero-order chi connectivity index (χ0) is 10.4. The third-order valence-electron chi connectivity index (χ3n) is 3.10. The van der Waals surface area contributed by atoms with E-state index in [9.17, 15) is 4.79 Å². The summed E-state index contributed by atoms with van der Waals surface area (Å²) in [6.45, 7) is 5.48. The van der Waals surface area contributed by atoms with Gasteiger partial charge in [-0.05, 0) is 31.6 Å². The molecule has 3 nitrogen and oxygen atoms in total. The average Bonchev–Trinajstić information content (AvgIpc) is 2.20. The van der Waals surface area contributed by atoms with Crippen LogP contribution in [0.2, 0.25) is 0 Å². The maximum atomic E-state index is 11.4. The molecule has 0 heterocycles. The fraction of sp³-hybridized carbons (Fsp3) is 0.818. The van der Waals surface area contributed by atoms with Gasteiger partial charge in [0.05, 0.1) is 0 Å². The van der Waals surface area contributed by atoms with Gasteiger partial charge in [-0.3, -0.25) is 4.79 Å². The van der Waals surface area contributed by atoms with Crippen LogP contribution in [0.1, 0.15) is 45.4 Å². The first-order chi connectivity index (χ1) is 6.77. The Morgan fingerprint density at radius 3 is 2.57 bits per heavy atom. The maximum Gasteiger partial charge on any atom is 0.243 e. The van der Waals surface area contributed by atoms with Gasteiger partial charge in [0.15, 0.2) is 0 Å². The zero-order valence-electron chi connectivity index (χ0n) is 8.96. The quantitative estimate of drug-likeness (QED) is 0.544. The highest BCUT2D eigenvalue weighted by Crippen LogP contribution is 2.31. The van der Waals surface area contributed by atoms with Crippen molar-refractivity contribution in [3.05, 3.63) is 0 Å². The Balaban J connectivity index is 2.27. The minimum atomic E-state index is 0.0509. The molecule has 0 radical (unpaired) electrons. The second-order valence-corrected chi connectivity index (χ2v) is 4.14. The van der Waals surface area contributed by atoms with Gasteiger partial charge in [-0.2, -0.15) is 5.10 Å². The molecule has 80 valence electrons. The Bertz CT molecular complexity index is 195. The van der Waals surface area contributed by atoms with Crippen molar-refractivity contribution in [2.75, 3.05) is 0 Å². The standard InChI is InChI=1S/C11H20N2O/c1-3-4-9-5-7-10(8-6-9)11(14)13-12-2/h9-10H,2-8H2,1H3,(H,13,14). The van der Waals surface area contributed by atoms with Crippen molar-refractivity contribution in [1.82, 2.24) is 5.43 Å². The number of carbonyl (C=O) groups excluding carboxylic acids is 1. The van der Waals surface area contributed by atoms with E-state index in [0.717, 1.165) is 18.8 Å². The fourth-order valence-corrected chi connectivity index (χ4v) is 2.29. The molecule has 1 rings (SSSR count). The summed E-state index contributed by atoms with van der Waals surface area (Å²) in [4.78, 5) is 11.4. The topological polar surface area (TPSA) is 41.5 Å². The fourth-order valence-electron chi connectivity index (χ4n) is 2.29. The molecule has 1 aliphatic carbocycles. The van der Waals surface area contributed by atoms with E-state index in [2.05, 4.69) is 24.2 Å². The molecule has 0 unspecified atom stereocenters. The van der Waals surface area contributed by atoms with Crippen molar-refractivity contribution >= 4 is 12.6 Å². The van der Waals surface area contributed by atoms with Crippen LogP contribution in [0.25, 0.3) is 0 Å². The number of rotatable bonds is 4. The van der Waals surface area contributed by atoms with Gasteiger partial charge in [0.2, 0.25) is 5.91 Å². The molecule has 3 heteroatoms. The van der Waals surface area contributed by atoms with Crippen molar-refractivity contribution in [2.45, 2.75) is 45.4 Å². The van der Waals surface area contributed by atoms with Crippen LogP contribution >= 0.6 is 0 Å². The highest BCUT2D eigenvalue weighted by molar-refractivity contribution is 5.78. The van der Waals surface area contributed by atoms with E-state index in [1.165, 1.54) is 25.7 Å². The molecule has 14 heavy (non-hydrogen) atoms. The summed E-state index contributed by atoms with van der Waals surface area (Å²) in [5.74, 6) is 1.07. The van der Waals surface area contributed by atoms with Crippen LogP contribution in [0.15, 0.2) is 5.10 Å². The molecule has 0 atom stereocenters. The Kier molecular flexibility index (Phi) is 4.63. The van der Waals surface area contributed by atoms with Crippen LogP contribution in [-0.2, 0) is 4.79 Å². The number of hydrogen-bond acceptors (Lipinski definition) is 2. The first kappa shape index (κ1) is 11.2. The molecule has 0 spiro atoms. The first-order valence-electron chi connectivity index (χ1n) is 5.53. The number of hydrogen-bond donors (Lipinski definition) is 1. The molecule has 0 aromatic rings. The largest absolute Gasteiger partial charge is 0.273 e. The third-order valence-corrected chi connectivity index (χ3v) is 3.10. The van der Waals surface area contributed by atoms with Gasteiger partial charge < -0.3 is 0 Å². The third kappa shape index (κ3) is 3.13. The lowest BCUT2D eigenvalue weighted by molar-refractivity contribution is -0.126. The van der Waals surface area contributed by atoms with E-state index in [1.54, 1.807) is 0 Å². The van der Waals surface area contributed by atoms with Crippen LogP contribution < -0.4 is 5.43 Å². The highest BCUT2D eigenvalue weighted by atomic mass is 16.2. The summed E-state index contributed by atoms with van der Waals surface area (Å²) in [6, 6.07) is 0. The van der Waals surface area contributed by atoms with Crippen molar-refractivity contribution in [3.8, 4) is 0 Å². The summed E-state index contributed by atoms with van der Waals surface area (Å²) in [7, 11) is 0. The Labute approximate surface area is 86.0 Å². The molecule has 0 aromatic heterocycles. The van der Waals surface area contributed by atoms with E-state index in [1.807, 2.05) is 0 Å². The van der Waals surface area contributed by atoms with Crippen molar-refractivity contribution < 1.29 is 4.79 Å². The van der Waals surface area contributed by atoms with Crippen LogP contribution in [0.3, 0.4) is 0 Å². The molecule has 1 amide bonds. The Hall–Kier alpha value is -0.860. The van der Waals surface area contributed by atoms with Gasteiger partial charge in [0.25, 0.3) is 0 Å². The summed E-state index contributed by atoms with van der Waals surface area (Å²) in [5.41, 5.74) is 2.44. The minimum Gasteiger partial charge on any atom is -0.273 e. The van der Waals surface area contributed by atoms with Crippen molar-refractivity contribution in [1.29, 1.82) is 0 Å². The smallest absolute Gasteiger partial charge is 0.243 e. The monoisotopic (exact) mass is 196 g/mol. The molecule has 0 bridgehead atoms. The number of nitrogens with one attached hydrogen (secondary N) is 1. The lowest BCUT2D eigenvalue weighted by Crippen LogP contribution is -2.29. The molecular weight excluding hydrogens is 176 g/mol.